The number of carbonyl (C=O) groups excluding carboxylic acids is 1. The van der Waals surface area contributed by atoms with Crippen LogP contribution in [0.25, 0.3) is 0 Å². The summed E-state index contributed by atoms with van der Waals surface area (Å²) in [6.07, 6.45) is 5.62. The second kappa shape index (κ2) is 8.85. The van der Waals surface area contributed by atoms with Gasteiger partial charge in [0, 0.05) is 32.2 Å². The van der Waals surface area contributed by atoms with Crippen molar-refractivity contribution in [1.29, 1.82) is 0 Å². The van der Waals surface area contributed by atoms with Gasteiger partial charge in [-0.3, -0.25) is 0 Å². The highest BCUT2D eigenvalue weighted by Crippen LogP contribution is 2.18. The normalized spacial score (nSPS) is 27.2. The van der Waals surface area contributed by atoms with E-state index in [4.69, 9.17) is 0 Å². The van der Waals surface area contributed by atoms with Crippen molar-refractivity contribution in [2.24, 2.45) is 0 Å². The molecule has 1 aliphatic carbocycles. The van der Waals surface area contributed by atoms with Crippen LogP contribution in [0.2, 0.25) is 0 Å². The minimum absolute atomic E-state index is 0.0168. The number of piperidine rings is 1. The molecule has 1 heterocycles. The van der Waals surface area contributed by atoms with E-state index in [2.05, 4.69) is 29.2 Å². The Balaban J connectivity index is 1.65. The van der Waals surface area contributed by atoms with Crippen LogP contribution in [0.15, 0.2) is 0 Å². The zero-order valence-electron chi connectivity index (χ0n) is 15.0. The Kier molecular flexibility index (Phi) is 7.11. The van der Waals surface area contributed by atoms with Crippen molar-refractivity contribution in [2.45, 2.75) is 56.7 Å². The smallest absolute Gasteiger partial charge is 0.317 e. The zero-order chi connectivity index (χ0) is 16.8. The van der Waals surface area contributed by atoms with Gasteiger partial charge in [-0.05, 0) is 65.7 Å². The molecule has 0 aromatic heterocycles. The van der Waals surface area contributed by atoms with Crippen LogP contribution in [0.3, 0.4) is 0 Å². The van der Waals surface area contributed by atoms with Crippen LogP contribution in [-0.4, -0.2) is 91.3 Å². The lowest BCUT2D eigenvalue weighted by atomic mass is 9.93. The van der Waals surface area contributed by atoms with Crippen molar-refractivity contribution in [3.8, 4) is 0 Å². The van der Waals surface area contributed by atoms with E-state index in [-0.39, 0.29) is 18.2 Å². The maximum Gasteiger partial charge on any atom is 0.317 e. The first-order chi connectivity index (χ1) is 11.0. The molecule has 1 saturated heterocycles. The zero-order valence-corrected chi connectivity index (χ0v) is 15.0. The van der Waals surface area contributed by atoms with Crippen LogP contribution in [0, 0.1) is 0 Å². The first kappa shape index (κ1) is 18.5. The minimum atomic E-state index is -0.177. The van der Waals surface area contributed by atoms with Gasteiger partial charge in [0.05, 0.1) is 6.10 Å². The molecule has 134 valence electrons. The van der Waals surface area contributed by atoms with Crippen LogP contribution >= 0.6 is 0 Å². The maximum atomic E-state index is 12.3. The number of aliphatic hydroxyl groups excluding tert-OH is 1. The molecular formula is C17H34N4O2. The fourth-order valence-electron chi connectivity index (χ4n) is 3.53. The van der Waals surface area contributed by atoms with Crippen molar-refractivity contribution >= 4 is 6.03 Å². The lowest BCUT2D eigenvalue weighted by molar-refractivity contribution is 0.114. The number of hydrogen-bond acceptors (Lipinski definition) is 4. The lowest BCUT2D eigenvalue weighted by Gasteiger charge is -2.36. The number of hydrogen-bond donors (Lipinski definition) is 2. The molecule has 2 N–H and O–H groups in total. The fourth-order valence-corrected chi connectivity index (χ4v) is 3.53. The SMILES string of the molecule is CN1CCC(N(C)CCN(C)C(=O)NC2CCC(O)CC2)CC1. The van der Waals surface area contributed by atoms with E-state index in [0.29, 0.717) is 6.04 Å². The molecular weight excluding hydrogens is 292 g/mol. The number of urea groups is 1. The van der Waals surface area contributed by atoms with Gasteiger partial charge in [0.15, 0.2) is 0 Å². The molecule has 2 fully saturated rings. The summed E-state index contributed by atoms with van der Waals surface area (Å²) in [6, 6.07) is 0.880. The Morgan fingerprint density at radius 2 is 1.70 bits per heavy atom. The van der Waals surface area contributed by atoms with Crippen LogP contribution < -0.4 is 5.32 Å². The standard InChI is InChI=1S/C17H34N4O2/c1-19-10-8-15(9-11-19)20(2)12-13-21(3)17(23)18-14-4-6-16(22)7-5-14/h14-16,22H,4-13H2,1-3H3,(H,18,23). The average molecular weight is 326 g/mol. The van der Waals surface area contributed by atoms with Crippen molar-refractivity contribution in [3.63, 3.8) is 0 Å². The van der Waals surface area contributed by atoms with E-state index in [0.717, 1.165) is 38.8 Å². The predicted molar refractivity (Wildman–Crippen MR) is 92.6 cm³/mol. The number of amides is 2. The summed E-state index contributed by atoms with van der Waals surface area (Å²) in [4.78, 5) is 18.8. The highest BCUT2D eigenvalue weighted by atomic mass is 16.3. The molecule has 2 rings (SSSR count). The second-order valence-corrected chi connectivity index (χ2v) is 7.39. The van der Waals surface area contributed by atoms with Gasteiger partial charge < -0.3 is 25.1 Å². The molecule has 23 heavy (non-hydrogen) atoms. The van der Waals surface area contributed by atoms with Crippen LogP contribution in [-0.2, 0) is 0 Å². The Morgan fingerprint density at radius 3 is 2.30 bits per heavy atom. The molecule has 6 nitrogen and oxygen atoms in total. The molecule has 0 unspecified atom stereocenters. The monoisotopic (exact) mass is 326 g/mol. The quantitative estimate of drug-likeness (QED) is 0.790. The number of carbonyl (C=O) groups is 1. The number of rotatable bonds is 5. The number of aliphatic hydroxyl groups is 1. The molecule has 0 aromatic carbocycles. The third-order valence-corrected chi connectivity index (χ3v) is 5.47. The Labute approximate surface area is 140 Å². The third kappa shape index (κ3) is 5.94. The molecule has 2 amide bonds. The topological polar surface area (TPSA) is 59.0 Å². The summed E-state index contributed by atoms with van der Waals surface area (Å²) in [7, 11) is 6.22. The second-order valence-electron chi connectivity index (χ2n) is 7.39. The summed E-state index contributed by atoms with van der Waals surface area (Å²) in [5, 5.41) is 12.6. The van der Waals surface area contributed by atoms with Gasteiger partial charge in [0.1, 0.15) is 0 Å². The summed E-state index contributed by atoms with van der Waals surface area (Å²) in [5.41, 5.74) is 0. The van der Waals surface area contributed by atoms with E-state index in [1.54, 1.807) is 4.90 Å². The molecule has 2 aliphatic rings. The summed E-state index contributed by atoms with van der Waals surface area (Å²) < 4.78 is 0. The van der Waals surface area contributed by atoms with Crippen LogP contribution in [0.4, 0.5) is 4.79 Å². The van der Waals surface area contributed by atoms with Crippen molar-refractivity contribution in [3.05, 3.63) is 0 Å². The van der Waals surface area contributed by atoms with Crippen molar-refractivity contribution in [2.75, 3.05) is 47.3 Å². The van der Waals surface area contributed by atoms with Crippen LogP contribution in [0.5, 0.6) is 0 Å². The highest BCUT2D eigenvalue weighted by Gasteiger charge is 2.23. The molecule has 0 radical (unpaired) electrons. The largest absolute Gasteiger partial charge is 0.393 e. The van der Waals surface area contributed by atoms with Crippen molar-refractivity contribution in [1.82, 2.24) is 20.0 Å². The summed E-state index contributed by atoms with van der Waals surface area (Å²) in [5.74, 6) is 0. The number of nitrogens with one attached hydrogen (secondary N) is 1. The molecule has 0 spiro atoms. The Hall–Kier alpha value is -0.850. The van der Waals surface area contributed by atoms with Gasteiger partial charge in [-0.1, -0.05) is 0 Å². The van der Waals surface area contributed by atoms with E-state index >= 15 is 0 Å². The molecule has 1 saturated carbocycles. The van der Waals surface area contributed by atoms with E-state index < -0.39 is 0 Å². The molecule has 6 heteroatoms. The lowest BCUT2D eigenvalue weighted by Crippen LogP contribution is -2.48. The summed E-state index contributed by atoms with van der Waals surface area (Å²) in [6.45, 7) is 4.00. The maximum absolute atomic E-state index is 12.3. The van der Waals surface area contributed by atoms with Gasteiger partial charge in [-0.15, -0.1) is 0 Å². The van der Waals surface area contributed by atoms with E-state index in [9.17, 15) is 9.90 Å². The van der Waals surface area contributed by atoms with Gasteiger partial charge in [-0.25, -0.2) is 4.79 Å². The fraction of sp³-hybridized carbons (Fsp3) is 0.941. The third-order valence-electron chi connectivity index (χ3n) is 5.47. The Bertz CT molecular complexity index is 364. The molecule has 1 aliphatic heterocycles. The highest BCUT2D eigenvalue weighted by molar-refractivity contribution is 5.74. The van der Waals surface area contributed by atoms with Crippen molar-refractivity contribution < 1.29 is 9.90 Å². The van der Waals surface area contributed by atoms with Gasteiger partial charge >= 0.3 is 6.03 Å². The predicted octanol–water partition coefficient (Wildman–Crippen LogP) is 0.957. The summed E-state index contributed by atoms with van der Waals surface area (Å²) >= 11 is 0. The average Bonchev–Trinajstić information content (AvgIpc) is 2.55. The minimum Gasteiger partial charge on any atom is -0.393 e. The van der Waals surface area contributed by atoms with E-state index in [1.165, 1.54) is 25.9 Å². The van der Waals surface area contributed by atoms with Gasteiger partial charge in [0.2, 0.25) is 0 Å². The first-order valence-corrected chi connectivity index (χ1v) is 9.04. The van der Waals surface area contributed by atoms with Gasteiger partial charge in [0.25, 0.3) is 0 Å². The number of likely N-dealkylation sites (tertiary alicyclic amines) is 1. The number of likely N-dealkylation sites (N-methyl/N-ethyl adjacent to an activating group) is 2. The molecule has 0 aromatic rings. The number of nitrogens with zero attached hydrogens (tertiary/aromatic N) is 3. The van der Waals surface area contributed by atoms with E-state index in [1.807, 2.05) is 7.05 Å². The van der Waals surface area contributed by atoms with Crippen LogP contribution in [0.1, 0.15) is 38.5 Å². The Morgan fingerprint density at radius 1 is 1.09 bits per heavy atom. The molecule has 0 bridgehead atoms. The van der Waals surface area contributed by atoms with Gasteiger partial charge in [-0.2, -0.15) is 0 Å². The molecule has 0 atom stereocenters. The first-order valence-electron chi connectivity index (χ1n) is 9.04.